The van der Waals surface area contributed by atoms with Crippen molar-refractivity contribution in [2.45, 2.75) is 46.0 Å². The molecule has 0 unspecified atom stereocenters. The van der Waals surface area contributed by atoms with Gasteiger partial charge in [0.2, 0.25) is 0 Å². The summed E-state index contributed by atoms with van der Waals surface area (Å²) in [7, 11) is 0. The maximum Gasteiger partial charge on any atom is 0.160 e. The highest BCUT2D eigenvalue weighted by Crippen LogP contribution is 2.54. The summed E-state index contributed by atoms with van der Waals surface area (Å²) in [6.45, 7) is 11.5. The van der Waals surface area contributed by atoms with Gasteiger partial charge in [0, 0.05) is 44.0 Å². The molecule has 2 aromatic heterocycles. The molecular weight excluding hydrogens is 1030 g/mol. The minimum absolute atomic E-state index is 0.264. The molecule has 0 amide bonds. The first kappa shape index (κ1) is 50.3. The lowest BCUT2D eigenvalue weighted by Gasteiger charge is -2.27. The number of para-hydroxylation sites is 2. The molecule has 0 aliphatic carbocycles. The maximum atomic E-state index is 7.72. The molecule has 85 heavy (non-hydrogen) atoms. The fraction of sp³-hybridized carbons (Fsp3) is 0.0864. The van der Waals surface area contributed by atoms with Crippen molar-refractivity contribution in [2.75, 3.05) is 9.80 Å². The molecule has 0 aliphatic heterocycles. The Balaban J connectivity index is 1.05. The first-order valence-corrected chi connectivity index (χ1v) is 29.7. The van der Waals surface area contributed by atoms with Crippen molar-refractivity contribution in [3.8, 4) is 33.4 Å². The summed E-state index contributed by atoms with van der Waals surface area (Å²) in [5.74, 6) is 0.412. The molecule has 14 aromatic carbocycles. The number of hydrogen-bond donors (Lipinski definition) is 0. The smallest absolute Gasteiger partial charge is 0.160 e. The van der Waals surface area contributed by atoms with Crippen LogP contribution in [-0.2, 0) is 5.41 Å². The molecule has 0 N–H and O–H groups in total. The van der Waals surface area contributed by atoms with Crippen LogP contribution >= 0.6 is 0 Å². The zero-order valence-corrected chi connectivity index (χ0v) is 48.2. The van der Waals surface area contributed by atoms with E-state index in [-0.39, 0.29) is 5.41 Å². The summed E-state index contributed by atoms with van der Waals surface area (Å²) in [5, 5.41) is 13.5. The molecule has 0 atom stereocenters. The van der Waals surface area contributed by atoms with E-state index in [1.54, 1.807) is 0 Å². The molecular formula is C81H60N2O2. The monoisotopic (exact) mass is 1090 g/mol. The van der Waals surface area contributed by atoms with E-state index in [4.69, 9.17) is 8.83 Å². The Labute approximate surface area is 494 Å². The Hall–Kier alpha value is -10.4. The third kappa shape index (κ3) is 8.26. The largest absolute Gasteiger partial charge is 0.454 e. The van der Waals surface area contributed by atoms with E-state index < -0.39 is 0 Å². The predicted molar refractivity (Wildman–Crippen MR) is 361 cm³/mol. The Kier molecular flexibility index (Phi) is 11.6. The average Bonchev–Trinajstić information content (AvgIpc) is 1.78. The summed E-state index contributed by atoms with van der Waals surface area (Å²) in [6, 6.07) is 97.6. The van der Waals surface area contributed by atoms with Gasteiger partial charge in [-0.25, -0.2) is 0 Å². The molecule has 0 radical (unpaired) electrons. The van der Waals surface area contributed by atoms with E-state index in [2.05, 4.69) is 311 Å². The third-order valence-corrected chi connectivity index (χ3v) is 17.6. The highest BCUT2D eigenvalue weighted by Gasteiger charge is 2.31. The van der Waals surface area contributed by atoms with Gasteiger partial charge in [-0.2, -0.15) is 0 Å². The van der Waals surface area contributed by atoms with Gasteiger partial charge in [-0.3, -0.25) is 0 Å². The Bertz CT molecular complexity index is 5260. The van der Waals surface area contributed by atoms with Gasteiger partial charge in [-0.15, -0.1) is 0 Å². The van der Waals surface area contributed by atoms with E-state index >= 15 is 0 Å². The predicted octanol–water partition coefficient (Wildman–Crippen LogP) is 23.9. The van der Waals surface area contributed by atoms with Crippen LogP contribution in [0.1, 0.15) is 51.7 Å². The normalized spacial score (nSPS) is 12.2. The lowest BCUT2D eigenvalue weighted by atomic mass is 9.81. The topological polar surface area (TPSA) is 32.8 Å². The fourth-order valence-electron chi connectivity index (χ4n) is 13.6. The second kappa shape index (κ2) is 19.6. The SMILES string of the molecule is CC(C)c1cccc(-c2cccc(-c3cc4oc5c(N(c6ccccc6)c6cccc(-c7ccccc7)c6)ccc6c7c(C(C)(C)C)ccc8oc9c(N(c%10ccccc%10)c%10cccc%11cc%12ccccc%12cc%10%11)ccc(c(c3)c4c56)c9c87)c2)c1. The van der Waals surface area contributed by atoms with Crippen LogP contribution in [0.4, 0.5) is 34.1 Å². The van der Waals surface area contributed by atoms with E-state index in [1.807, 2.05) is 0 Å². The molecule has 0 bridgehead atoms. The fourth-order valence-corrected chi connectivity index (χ4v) is 13.6. The lowest BCUT2D eigenvalue weighted by molar-refractivity contribution is 0.596. The number of anilines is 6. The van der Waals surface area contributed by atoms with Crippen LogP contribution < -0.4 is 9.80 Å². The van der Waals surface area contributed by atoms with Gasteiger partial charge < -0.3 is 18.6 Å². The molecule has 4 heteroatoms. The summed E-state index contributed by atoms with van der Waals surface area (Å²) in [5.41, 5.74) is 18.5. The quantitative estimate of drug-likeness (QED) is 0.128. The van der Waals surface area contributed by atoms with Gasteiger partial charge >= 0.3 is 0 Å². The summed E-state index contributed by atoms with van der Waals surface area (Å²) in [6.07, 6.45) is 0. The summed E-state index contributed by atoms with van der Waals surface area (Å²) < 4.78 is 15.3. The van der Waals surface area contributed by atoms with Gasteiger partial charge in [0.15, 0.2) is 11.2 Å². The maximum absolute atomic E-state index is 7.72. The van der Waals surface area contributed by atoms with Crippen molar-refractivity contribution in [3.05, 3.63) is 278 Å². The third-order valence-electron chi connectivity index (χ3n) is 17.6. The molecule has 2 heterocycles. The van der Waals surface area contributed by atoms with Crippen molar-refractivity contribution >= 4 is 121 Å². The first-order valence-electron chi connectivity index (χ1n) is 29.7. The second-order valence-corrected chi connectivity index (χ2v) is 24.2. The number of rotatable bonds is 10. The van der Waals surface area contributed by atoms with Crippen LogP contribution in [0.5, 0.6) is 0 Å². The van der Waals surface area contributed by atoms with Gasteiger partial charge in [0.05, 0.1) is 17.1 Å². The van der Waals surface area contributed by atoms with Crippen molar-refractivity contribution < 1.29 is 8.83 Å². The molecule has 16 rings (SSSR count). The van der Waals surface area contributed by atoms with Gasteiger partial charge in [-0.1, -0.05) is 211 Å². The molecule has 0 saturated heterocycles. The van der Waals surface area contributed by atoms with Gasteiger partial charge in [0.25, 0.3) is 0 Å². The van der Waals surface area contributed by atoms with E-state index in [9.17, 15) is 0 Å². The summed E-state index contributed by atoms with van der Waals surface area (Å²) >= 11 is 0. The average molecular weight is 1090 g/mol. The molecule has 0 fully saturated rings. The molecule has 406 valence electrons. The highest BCUT2D eigenvalue weighted by atomic mass is 16.3. The van der Waals surface area contributed by atoms with Crippen LogP contribution in [0.3, 0.4) is 0 Å². The van der Waals surface area contributed by atoms with Crippen LogP contribution in [-0.4, -0.2) is 0 Å². The standard InChI is InChI=1S/C81H60N2O2/c1-50(2)52-25-17-26-54(43-52)55-27-18-28-56(44-55)60-48-67-64-37-40-71(83(62-33-13-8-14-34-62)69-36-20-30-59-45-53-23-15-16-24-58(53)47-66(59)69)80-76(64)78-72(84-80)42-39-68(81(3,4)5)74(78)65-38-41-70(79-77(65)75(67)73(49-60)85-79)82(61-31-11-7-12-32-61)63-35-19-29-57(46-63)51-21-9-6-10-22-51/h6-50H,1-5H3. The lowest BCUT2D eigenvalue weighted by Crippen LogP contribution is -2.12. The van der Waals surface area contributed by atoms with E-state index in [0.717, 1.165) is 127 Å². The Morgan fingerprint density at radius 2 is 0.847 bits per heavy atom. The minimum atomic E-state index is -0.264. The van der Waals surface area contributed by atoms with E-state index in [1.165, 1.54) is 38.4 Å². The zero-order chi connectivity index (χ0) is 57.1. The first-order chi connectivity index (χ1) is 41.6. The van der Waals surface area contributed by atoms with Gasteiger partial charge in [0.1, 0.15) is 11.2 Å². The zero-order valence-electron chi connectivity index (χ0n) is 48.2. The van der Waals surface area contributed by atoms with Crippen molar-refractivity contribution in [1.29, 1.82) is 0 Å². The van der Waals surface area contributed by atoms with E-state index in [0.29, 0.717) is 5.92 Å². The molecule has 4 nitrogen and oxygen atoms in total. The molecule has 16 aromatic rings. The van der Waals surface area contributed by atoms with Crippen molar-refractivity contribution in [3.63, 3.8) is 0 Å². The van der Waals surface area contributed by atoms with Crippen LogP contribution in [0, 0.1) is 0 Å². The molecule has 0 spiro atoms. The second-order valence-electron chi connectivity index (χ2n) is 24.2. The number of benzene rings is 13. The number of nitrogens with zero attached hydrogens (tertiary/aromatic N) is 2. The summed E-state index contributed by atoms with van der Waals surface area (Å²) in [4.78, 5) is 4.78. The Morgan fingerprint density at radius 3 is 1.56 bits per heavy atom. The number of fused-ring (bicyclic) bond motifs is 4. The van der Waals surface area contributed by atoms with Crippen LogP contribution in [0.25, 0.3) is 120 Å². The van der Waals surface area contributed by atoms with Crippen molar-refractivity contribution in [2.24, 2.45) is 0 Å². The molecule has 0 saturated carbocycles. The van der Waals surface area contributed by atoms with Gasteiger partial charge in [-0.05, 0) is 185 Å². The number of hydrogen-bond acceptors (Lipinski definition) is 4. The van der Waals surface area contributed by atoms with Crippen molar-refractivity contribution in [1.82, 2.24) is 0 Å². The van der Waals surface area contributed by atoms with Crippen LogP contribution in [0.2, 0.25) is 0 Å². The Morgan fingerprint density at radius 1 is 0.306 bits per heavy atom. The van der Waals surface area contributed by atoms with Crippen LogP contribution in [0.15, 0.2) is 276 Å². The highest BCUT2D eigenvalue weighted by molar-refractivity contribution is 6.39. The number of furan rings is 2. The molecule has 0 aliphatic rings. The minimum Gasteiger partial charge on any atom is -0.454 e.